The molecule has 0 aliphatic carbocycles. The van der Waals surface area contributed by atoms with Crippen molar-refractivity contribution in [3.8, 4) is 0 Å². The van der Waals surface area contributed by atoms with E-state index in [1.165, 1.54) is 0 Å². The first-order valence-corrected chi connectivity index (χ1v) is 4.54. The Labute approximate surface area is 78.0 Å². The molecule has 1 aliphatic rings. The molecule has 0 aromatic heterocycles. The maximum atomic E-state index is 10.6. The summed E-state index contributed by atoms with van der Waals surface area (Å²) in [6, 6.07) is -0.806. The van der Waals surface area contributed by atoms with Crippen LogP contribution in [0.1, 0.15) is 13.3 Å². The van der Waals surface area contributed by atoms with E-state index in [1.54, 1.807) is 0 Å². The highest BCUT2D eigenvalue weighted by molar-refractivity contribution is 5.77. The normalized spacial score (nSPS) is 20.9. The molecule has 1 aliphatic heterocycles. The molecule has 0 saturated heterocycles. The van der Waals surface area contributed by atoms with Crippen molar-refractivity contribution in [1.29, 1.82) is 0 Å². The van der Waals surface area contributed by atoms with Crippen LogP contribution in [0.25, 0.3) is 0 Å². The third-order valence-electron chi connectivity index (χ3n) is 2.44. The Hall–Kier alpha value is -0.870. The first-order valence-electron chi connectivity index (χ1n) is 4.54. The van der Waals surface area contributed by atoms with E-state index in [1.807, 2.05) is 6.08 Å². The molecule has 1 heterocycles. The van der Waals surface area contributed by atoms with E-state index >= 15 is 0 Å². The van der Waals surface area contributed by atoms with Gasteiger partial charge in [0.15, 0.2) is 0 Å². The molecule has 1 atom stereocenters. The molecule has 0 radical (unpaired) electrons. The van der Waals surface area contributed by atoms with Gasteiger partial charge >= 0.3 is 5.97 Å². The molecular formula is C9H16N2O2. The lowest BCUT2D eigenvalue weighted by Crippen LogP contribution is -2.37. The maximum absolute atomic E-state index is 10.6. The molecule has 74 valence electrons. The van der Waals surface area contributed by atoms with Gasteiger partial charge in [-0.15, -0.1) is 0 Å². The number of rotatable bonds is 3. The van der Waals surface area contributed by atoms with Gasteiger partial charge in [0.05, 0.1) is 0 Å². The molecule has 0 aromatic carbocycles. The molecule has 1 unspecified atom stereocenters. The van der Waals surface area contributed by atoms with Gasteiger partial charge in [-0.1, -0.05) is 13.0 Å². The van der Waals surface area contributed by atoms with Gasteiger partial charge in [0.1, 0.15) is 6.04 Å². The minimum Gasteiger partial charge on any atom is -0.480 e. The molecule has 4 heteroatoms. The van der Waals surface area contributed by atoms with Crippen LogP contribution in [0.2, 0.25) is 0 Å². The summed E-state index contributed by atoms with van der Waals surface area (Å²) in [5.41, 5.74) is 6.35. The van der Waals surface area contributed by atoms with Crippen LogP contribution in [-0.4, -0.2) is 41.7 Å². The van der Waals surface area contributed by atoms with Crippen molar-refractivity contribution in [2.24, 2.45) is 5.73 Å². The molecule has 0 fully saturated rings. The van der Waals surface area contributed by atoms with Crippen LogP contribution in [0.4, 0.5) is 0 Å². The van der Waals surface area contributed by atoms with Gasteiger partial charge in [0.25, 0.3) is 0 Å². The molecule has 0 aromatic rings. The molecule has 13 heavy (non-hydrogen) atoms. The predicted molar refractivity (Wildman–Crippen MR) is 50.4 cm³/mol. The minimum absolute atomic E-state index is 0.779. The molecule has 0 saturated carbocycles. The topological polar surface area (TPSA) is 66.6 Å². The van der Waals surface area contributed by atoms with Crippen molar-refractivity contribution in [1.82, 2.24) is 4.90 Å². The largest absolute Gasteiger partial charge is 0.480 e. The maximum Gasteiger partial charge on any atom is 0.324 e. The fourth-order valence-electron chi connectivity index (χ4n) is 1.46. The SMILES string of the molecule is CCN1CC=C(C(N)C(=O)O)CC1. The zero-order valence-corrected chi connectivity index (χ0v) is 7.86. The second-order valence-electron chi connectivity index (χ2n) is 3.24. The number of nitrogens with zero attached hydrogens (tertiary/aromatic N) is 1. The summed E-state index contributed by atoms with van der Waals surface area (Å²) in [7, 11) is 0. The first-order chi connectivity index (χ1) is 6.15. The Bertz CT molecular complexity index is 226. The van der Waals surface area contributed by atoms with E-state index < -0.39 is 12.0 Å². The van der Waals surface area contributed by atoms with Crippen molar-refractivity contribution in [3.63, 3.8) is 0 Å². The molecule has 0 amide bonds. The number of hydrogen-bond acceptors (Lipinski definition) is 3. The number of carboxylic acid groups (broad SMARTS) is 1. The number of carboxylic acids is 1. The predicted octanol–water partition coefficient (Wildman–Crippen LogP) is 0.0503. The summed E-state index contributed by atoms with van der Waals surface area (Å²) in [6.45, 7) is 4.85. The summed E-state index contributed by atoms with van der Waals surface area (Å²) >= 11 is 0. The van der Waals surface area contributed by atoms with Crippen LogP contribution in [0.15, 0.2) is 11.6 Å². The summed E-state index contributed by atoms with van der Waals surface area (Å²) in [5, 5.41) is 8.68. The zero-order valence-electron chi connectivity index (χ0n) is 7.86. The van der Waals surface area contributed by atoms with E-state index in [0.717, 1.165) is 31.6 Å². The minimum atomic E-state index is -0.934. The number of aliphatic carboxylic acids is 1. The average Bonchev–Trinajstić information content (AvgIpc) is 2.17. The third-order valence-corrected chi connectivity index (χ3v) is 2.44. The van der Waals surface area contributed by atoms with Gasteiger partial charge in [-0.05, 0) is 18.5 Å². The van der Waals surface area contributed by atoms with Crippen LogP contribution in [0, 0.1) is 0 Å². The van der Waals surface area contributed by atoms with Gasteiger partial charge in [0, 0.05) is 13.1 Å². The fraction of sp³-hybridized carbons (Fsp3) is 0.667. The van der Waals surface area contributed by atoms with Gasteiger partial charge in [-0.25, -0.2) is 0 Å². The lowest BCUT2D eigenvalue weighted by molar-refractivity contribution is -0.137. The van der Waals surface area contributed by atoms with E-state index in [0.29, 0.717) is 0 Å². The fourth-order valence-corrected chi connectivity index (χ4v) is 1.46. The molecule has 0 bridgehead atoms. The van der Waals surface area contributed by atoms with Gasteiger partial charge in [-0.3, -0.25) is 9.69 Å². The van der Waals surface area contributed by atoms with Crippen LogP contribution in [0.5, 0.6) is 0 Å². The summed E-state index contributed by atoms with van der Waals surface area (Å²) in [5.74, 6) is -0.934. The Morgan fingerprint density at radius 1 is 1.85 bits per heavy atom. The van der Waals surface area contributed by atoms with Crippen LogP contribution >= 0.6 is 0 Å². The number of carbonyl (C=O) groups is 1. The Morgan fingerprint density at radius 2 is 2.54 bits per heavy atom. The smallest absolute Gasteiger partial charge is 0.324 e. The van der Waals surface area contributed by atoms with Gasteiger partial charge < -0.3 is 10.8 Å². The highest BCUT2D eigenvalue weighted by Crippen LogP contribution is 2.12. The second-order valence-corrected chi connectivity index (χ2v) is 3.24. The summed E-state index contributed by atoms with van der Waals surface area (Å²) in [6.07, 6.45) is 2.72. The molecular weight excluding hydrogens is 168 g/mol. The van der Waals surface area contributed by atoms with E-state index in [4.69, 9.17) is 10.8 Å². The van der Waals surface area contributed by atoms with E-state index in [-0.39, 0.29) is 0 Å². The van der Waals surface area contributed by atoms with Crippen molar-refractivity contribution in [3.05, 3.63) is 11.6 Å². The highest BCUT2D eigenvalue weighted by Gasteiger charge is 2.20. The molecule has 0 spiro atoms. The first kappa shape index (κ1) is 10.2. The van der Waals surface area contributed by atoms with Crippen molar-refractivity contribution in [2.45, 2.75) is 19.4 Å². The lowest BCUT2D eigenvalue weighted by Gasteiger charge is -2.26. The van der Waals surface area contributed by atoms with Crippen molar-refractivity contribution >= 4 is 5.97 Å². The van der Waals surface area contributed by atoms with Crippen molar-refractivity contribution < 1.29 is 9.90 Å². The van der Waals surface area contributed by atoms with E-state index in [9.17, 15) is 4.79 Å². The van der Waals surface area contributed by atoms with Crippen LogP contribution < -0.4 is 5.73 Å². The standard InChI is InChI=1S/C9H16N2O2/c1-2-11-5-3-7(4-6-11)8(10)9(12)13/h3,8H,2,4-6,10H2,1H3,(H,12,13). The van der Waals surface area contributed by atoms with Gasteiger partial charge in [-0.2, -0.15) is 0 Å². The summed E-state index contributed by atoms with van der Waals surface area (Å²) in [4.78, 5) is 12.8. The number of hydrogen-bond donors (Lipinski definition) is 2. The van der Waals surface area contributed by atoms with Crippen molar-refractivity contribution in [2.75, 3.05) is 19.6 Å². The molecule has 4 nitrogen and oxygen atoms in total. The third kappa shape index (κ3) is 2.54. The second kappa shape index (κ2) is 4.39. The Morgan fingerprint density at radius 3 is 2.92 bits per heavy atom. The average molecular weight is 184 g/mol. The quantitative estimate of drug-likeness (QED) is 0.608. The summed E-state index contributed by atoms with van der Waals surface area (Å²) < 4.78 is 0. The zero-order chi connectivity index (χ0) is 9.84. The number of nitrogens with two attached hydrogens (primary N) is 1. The monoisotopic (exact) mass is 184 g/mol. The number of likely N-dealkylation sites (N-methyl/N-ethyl adjacent to an activating group) is 1. The lowest BCUT2D eigenvalue weighted by atomic mass is 10.0. The van der Waals surface area contributed by atoms with Crippen LogP contribution in [0.3, 0.4) is 0 Å². The molecule has 3 N–H and O–H groups in total. The highest BCUT2D eigenvalue weighted by atomic mass is 16.4. The molecule has 1 rings (SSSR count). The van der Waals surface area contributed by atoms with Gasteiger partial charge in [0.2, 0.25) is 0 Å². The van der Waals surface area contributed by atoms with Crippen LogP contribution in [-0.2, 0) is 4.79 Å². The Balaban J connectivity index is 2.54. The Kier molecular flexibility index (Phi) is 3.45. The van der Waals surface area contributed by atoms with E-state index in [2.05, 4.69) is 11.8 Å².